The average Bonchev–Trinajstić information content (AvgIpc) is 2.67. The van der Waals surface area contributed by atoms with Gasteiger partial charge in [-0.05, 0) is 34.1 Å². The molecule has 0 saturated heterocycles. The Morgan fingerprint density at radius 2 is 2.12 bits per heavy atom. The normalized spacial score (nSPS) is 12.8. The number of nitrogens with two attached hydrogens (primary N) is 1. The van der Waals surface area contributed by atoms with Gasteiger partial charge in [-0.3, -0.25) is 0 Å². The van der Waals surface area contributed by atoms with Crippen LogP contribution in [0.5, 0.6) is 0 Å². The maximum absolute atomic E-state index is 13.4. The number of nitrogens with zero attached hydrogens (tertiary/aromatic N) is 1. The molecule has 0 radical (unpaired) electrons. The van der Waals surface area contributed by atoms with Crippen molar-refractivity contribution < 1.29 is 8.78 Å². The van der Waals surface area contributed by atoms with Crippen LogP contribution in [-0.2, 0) is 0 Å². The van der Waals surface area contributed by atoms with E-state index >= 15 is 0 Å². The van der Waals surface area contributed by atoms with Gasteiger partial charge < -0.3 is 10.7 Å². The molecule has 1 unspecified atom stereocenters. The highest BCUT2D eigenvalue weighted by Crippen LogP contribution is 2.21. The van der Waals surface area contributed by atoms with E-state index < -0.39 is 17.7 Å². The number of halogens is 3. The Morgan fingerprint density at radius 1 is 1.38 bits per heavy atom. The largest absolute Gasteiger partial charge is 0.335 e. The van der Waals surface area contributed by atoms with Crippen molar-refractivity contribution in [1.29, 1.82) is 0 Å². The first-order chi connectivity index (χ1) is 7.58. The molecule has 84 valence electrons. The second-order valence-electron chi connectivity index (χ2n) is 3.26. The van der Waals surface area contributed by atoms with Gasteiger partial charge in [0.2, 0.25) is 0 Å². The molecule has 0 aliphatic carbocycles. The van der Waals surface area contributed by atoms with Crippen molar-refractivity contribution in [3.63, 3.8) is 0 Å². The summed E-state index contributed by atoms with van der Waals surface area (Å²) in [5, 5.41) is 0. The lowest BCUT2D eigenvalue weighted by atomic mass is 10.1. The molecule has 0 spiro atoms. The molecule has 1 aromatic carbocycles. The molecule has 1 atom stereocenters. The van der Waals surface area contributed by atoms with Crippen molar-refractivity contribution in [1.82, 2.24) is 9.97 Å². The van der Waals surface area contributed by atoms with Crippen LogP contribution in [0.4, 0.5) is 8.78 Å². The lowest BCUT2D eigenvalue weighted by Gasteiger charge is -2.10. The molecule has 16 heavy (non-hydrogen) atoms. The number of imidazole rings is 1. The SMILES string of the molecule is NC(c1ncc(Br)[nH]1)c1cc(F)ccc1F. The van der Waals surface area contributed by atoms with Gasteiger partial charge in [-0.2, -0.15) is 0 Å². The Hall–Kier alpha value is -1.27. The van der Waals surface area contributed by atoms with Gasteiger partial charge in [-0.25, -0.2) is 13.8 Å². The predicted octanol–water partition coefficient (Wildman–Crippen LogP) is 2.50. The van der Waals surface area contributed by atoms with E-state index in [0.717, 1.165) is 18.2 Å². The van der Waals surface area contributed by atoms with Crippen LogP contribution < -0.4 is 5.73 Å². The second kappa shape index (κ2) is 4.31. The molecular formula is C10H8BrF2N3. The van der Waals surface area contributed by atoms with E-state index in [2.05, 4.69) is 25.9 Å². The molecule has 2 rings (SSSR count). The molecule has 0 aliphatic heterocycles. The van der Waals surface area contributed by atoms with Crippen molar-refractivity contribution >= 4 is 15.9 Å². The smallest absolute Gasteiger partial charge is 0.128 e. The van der Waals surface area contributed by atoms with Gasteiger partial charge in [-0.1, -0.05) is 0 Å². The van der Waals surface area contributed by atoms with Crippen molar-refractivity contribution in [2.24, 2.45) is 5.73 Å². The molecule has 0 fully saturated rings. The summed E-state index contributed by atoms with van der Waals surface area (Å²) in [7, 11) is 0. The topological polar surface area (TPSA) is 54.7 Å². The fourth-order valence-electron chi connectivity index (χ4n) is 1.37. The molecular weight excluding hydrogens is 280 g/mol. The molecule has 3 N–H and O–H groups in total. The summed E-state index contributed by atoms with van der Waals surface area (Å²) in [6.07, 6.45) is 1.51. The van der Waals surface area contributed by atoms with Crippen LogP contribution in [0.2, 0.25) is 0 Å². The van der Waals surface area contributed by atoms with E-state index in [1.165, 1.54) is 6.20 Å². The summed E-state index contributed by atoms with van der Waals surface area (Å²) in [6.45, 7) is 0. The highest BCUT2D eigenvalue weighted by molar-refractivity contribution is 9.10. The van der Waals surface area contributed by atoms with E-state index in [-0.39, 0.29) is 5.56 Å². The van der Waals surface area contributed by atoms with Gasteiger partial charge in [0.15, 0.2) is 0 Å². The first-order valence-electron chi connectivity index (χ1n) is 4.49. The number of nitrogens with one attached hydrogen (secondary N) is 1. The maximum atomic E-state index is 13.4. The molecule has 2 aromatic rings. The van der Waals surface area contributed by atoms with E-state index in [1.807, 2.05) is 0 Å². The van der Waals surface area contributed by atoms with Gasteiger partial charge >= 0.3 is 0 Å². The Balaban J connectivity index is 2.40. The molecule has 0 bridgehead atoms. The Morgan fingerprint density at radius 3 is 2.75 bits per heavy atom. The van der Waals surface area contributed by atoms with Crippen LogP contribution in [-0.4, -0.2) is 9.97 Å². The first kappa shape index (κ1) is 11.2. The first-order valence-corrected chi connectivity index (χ1v) is 5.28. The zero-order valence-electron chi connectivity index (χ0n) is 8.05. The second-order valence-corrected chi connectivity index (χ2v) is 4.11. The third-order valence-electron chi connectivity index (χ3n) is 2.15. The number of aromatic amines is 1. The third kappa shape index (κ3) is 2.12. The average molecular weight is 288 g/mol. The number of benzene rings is 1. The maximum Gasteiger partial charge on any atom is 0.128 e. The standard InChI is InChI=1S/C10H8BrF2N3/c11-8-4-15-10(16-8)9(14)6-3-5(12)1-2-7(6)13/h1-4,9H,14H2,(H,15,16). The van der Waals surface area contributed by atoms with Crippen LogP contribution in [0.25, 0.3) is 0 Å². The zero-order valence-corrected chi connectivity index (χ0v) is 9.63. The van der Waals surface area contributed by atoms with Crippen molar-refractivity contribution in [3.05, 3.63) is 52.0 Å². The van der Waals surface area contributed by atoms with E-state index in [9.17, 15) is 8.78 Å². The minimum atomic E-state index is -0.818. The van der Waals surface area contributed by atoms with Crippen LogP contribution in [0.3, 0.4) is 0 Å². The molecule has 0 aliphatic rings. The van der Waals surface area contributed by atoms with Crippen LogP contribution >= 0.6 is 15.9 Å². The summed E-state index contributed by atoms with van der Waals surface area (Å²) >= 11 is 3.16. The Labute approximate surface area is 98.8 Å². The summed E-state index contributed by atoms with van der Waals surface area (Å²) in [5.74, 6) is -0.713. The number of aromatic nitrogens is 2. The van der Waals surface area contributed by atoms with E-state index in [0.29, 0.717) is 10.4 Å². The van der Waals surface area contributed by atoms with Crippen LogP contribution in [0.1, 0.15) is 17.4 Å². The van der Waals surface area contributed by atoms with Gasteiger partial charge in [0.05, 0.1) is 12.2 Å². The monoisotopic (exact) mass is 287 g/mol. The highest BCUT2D eigenvalue weighted by Gasteiger charge is 2.17. The minimum absolute atomic E-state index is 0.0712. The molecule has 0 saturated carbocycles. The van der Waals surface area contributed by atoms with Crippen LogP contribution in [0.15, 0.2) is 29.0 Å². The Kier molecular flexibility index (Phi) is 3.02. The minimum Gasteiger partial charge on any atom is -0.335 e. The van der Waals surface area contributed by atoms with Crippen molar-refractivity contribution in [2.75, 3.05) is 0 Å². The number of H-pyrrole nitrogens is 1. The van der Waals surface area contributed by atoms with Crippen molar-refractivity contribution in [3.8, 4) is 0 Å². The zero-order chi connectivity index (χ0) is 11.7. The quantitative estimate of drug-likeness (QED) is 0.892. The predicted molar refractivity (Wildman–Crippen MR) is 58.7 cm³/mol. The summed E-state index contributed by atoms with van der Waals surface area (Å²) in [6, 6.07) is 2.34. The third-order valence-corrected chi connectivity index (χ3v) is 2.56. The lowest BCUT2D eigenvalue weighted by Crippen LogP contribution is -2.15. The number of hydrogen-bond donors (Lipinski definition) is 2. The summed E-state index contributed by atoms with van der Waals surface area (Å²) in [4.78, 5) is 6.76. The van der Waals surface area contributed by atoms with Gasteiger partial charge in [0.25, 0.3) is 0 Å². The fraction of sp³-hybridized carbons (Fsp3) is 0.100. The van der Waals surface area contributed by atoms with Gasteiger partial charge in [-0.15, -0.1) is 0 Å². The van der Waals surface area contributed by atoms with Gasteiger partial charge in [0.1, 0.15) is 22.1 Å². The molecule has 1 aromatic heterocycles. The highest BCUT2D eigenvalue weighted by atomic mass is 79.9. The number of rotatable bonds is 2. The summed E-state index contributed by atoms with van der Waals surface area (Å²) in [5.41, 5.74) is 5.85. The molecule has 0 amide bonds. The number of hydrogen-bond acceptors (Lipinski definition) is 2. The molecule has 6 heteroatoms. The Bertz CT molecular complexity index is 513. The lowest BCUT2D eigenvalue weighted by molar-refractivity contribution is 0.573. The summed E-state index contributed by atoms with van der Waals surface area (Å²) < 4.78 is 27.0. The van der Waals surface area contributed by atoms with Gasteiger partial charge in [0, 0.05) is 5.56 Å². The van der Waals surface area contributed by atoms with Crippen molar-refractivity contribution in [2.45, 2.75) is 6.04 Å². The molecule has 3 nitrogen and oxygen atoms in total. The van der Waals surface area contributed by atoms with E-state index in [1.54, 1.807) is 0 Å². The van der Waals surface area contributed by atoms with Crippen LogP contribution in [0, 0.1) is 11.6 Å². The van der Waals surface area contributed by atoms with E-state index in [4.69, 9.17) is 5.73 Å². The molecule has 1 heterocycles. The fourth-order valence-corrected chi connectivity index (χ4v) is 1.68.